The molecule has 0 aliphatic heterocycles. The molecule has 0 radical (unpaired) electrons. The zero-order valence-electron chi connectivity index (χ0n) is 11.1. The van der Waals surface area contributed by atoms with Gasteiger partial charge in [-0.25, -0.2) is 4.79 Å². The molecule has 1 rings (SSSR count). The van der Waals surface area contributed by atoms with Gasteiger partial charge in [0.05, 0.1) is 18.8 Å². The fourth-order valence-corrected chi connectivity index (χ4v) is 2.56. The first-order valence-corrected chi connectivity index (χ1v) is 7.59. The van der Waals surface area contributed by atoms with E-state index >= 15 is 0 Å². The van der Waals surface area contributed by atoms with Gasteiger partial charge in [0.25, 0.3) is 10.1 Å². The Bertz CT molecular complexity index is 522. The van der Waals surface area contributed by atoms with Gasteiger partial charge in [-0.2, -0.15) is 8.42 Å². The number of esters is 1. The first-order valence-electron chi connectivity index (χ1n) is 6.18. The van der Waals surface area contributed by atoms with E-state index in [2.05, 4.69) is 0 Å². The van der Waals surface area contributed by atoms with Gasteiger partial charge in [0.1, 0.15) is 4.90 Å². The van der Waals surface area contributed by atoms with Gasteiger partial charge < -0.3 is 4.74 Å². The summed E-state index contributed by atoms with van der Waals surface area (Å²) < 4.78 is 33.7. The van der Waals surface area contributed by atoms with Crippen molar-refractivity contribution in [3.8, 4) is 0 Å². The maximum atomic E-state index is 12.0. The summed E-state index contributed by atoms with van der Waals surface area (Å²) in [7, 11) is -3.92. The zero-order chi connectivity index (χ0) is 14.3. The average Bonchev–Trinajstić information content (AvgIpc) is 2.42. The summed E-state index contributed by atoms with van der Waals surface area (Å²) in [6.07, 6.45) is 1.24. The first kappa shape index (κ1) is 15.7. The standard InChI is InChI=1S/C13H18O5S/c1-3-9-17-13(14)11-7-5-6-8-12(11)19(15,16)18-10-4-2/h5-8H,3-4,9-10H2,1-2H3. The Labute approximate surface area is 113 Å². The molecule has 5 nitrogen and oxygen atoms in total. The second kappa shape index (κ2) is 7.25. The van der Waals surface area contributed by atoms with E-state index in [9.17, 15) is 13.2 Å². The predicted molar refractivity (Wildman–Crippen MR) is 70.4 cm³/mol. The van der Waals surface area contributed by atoms with E-state index in [4.69, 9.17) is 8.92 Å². The molecule has 0 heterocycles. The quantitative estimate of drug-likeness (QED) is 0.568. The minimum absolute atomic E-state index is 0.00653. The lowest BCUT2D eigenvalue weighted by molar-refractivity contribution is 0.0500. The second-order valence-electron chi connectivity index (χ2n) is 3.91. The molecule has 0 saturated heterocycles. The number of hydrogen-bond donors (Lipinski definition) is 0. The van der Waals surface area contributed by atoms with Crippen molar-refractivity contribution in [1.82, 2.24) is 0 Å². The number of benzene rings is 1. The van der Waals surface area contributed by atoms with Crippen molar-refractivity contribution in [2.24, 2.45) is 0 Å². The smallest absolute Gasteiger partial charge is 0.339 e. The fourth-order valence-electron chi connectivity index (χ4n) is 1.38. The number of rotatable bonds is 7. The summed E-state index contributed by atoms with van der Waals surface area (Å²) in [5.74, 6) is -0.652. The number of hydrogen-bond acceptors (Lipinski definition) is 5. The van der Waals surface area contributed by atoms with Gasteiger partial charge in [-0.05, 0) is 25.0 Å². The van der Waals surface area contributed by atoms with E-state index in [1.165, 1.54) is 12.1 Å². The number of carbonyl (C=O) groups excluding carboxylic acids is 1. The summed E-state index contributed by atoms with van der Waals surface area (Å²) in [5, 5.41) is 0. The molecule has 106 valence electrons. The zero-order valence-corrected chi connectivity index (χ0v) is 11.9. The van der Waals surface area contributed by atoms with E-state index in [0.717, 1.165) is 0 Å². The van der Waals surface area contributed by atoms with E-state index in [1.54, 1.807) is 19.1 Å². The third kappa shape index (κ3) is 4.33. The van der Waals surface area contributed by atoms with Crippen LogP contribution in [-0.4, -0.2) is 27.6 Å². The monoisotopic (exact) mass is 286 g/mol. The van der Waals surface area contributed by atoms with Crippen LogP contribution in [0.1, 0.15) is 37.0 Å². The molecular formula is C13H18O5S. The van der Waals surface area contributed by atoms with E-state index in [-0.39, 0.29) is 23.7 Å². The lowest BCUT2D eigenvalue weighted by Gasteiger charge is -2.09. The summed E-state index contributed by atoms with van der Waals surface area (Å²) in [5.41, 5.74) is 0.00653. The third-order valence-electron chi connectivity index (χ3n) is 2.26. The second-order valence-corrected chi connectivity index (χ2v) is 5.49. The lowest BCUT2D eigenvalue weighted by atomic mass is 10.2. The molecule has 19 heavy (non-hydrogen) atoms. The highest BCUT2D eigenvalue weighted by atomic mass is 32.2. The molecule has 1 aromatic carbocycles. The molecule has 0 spiro atoms. The van der Waals surface area contributed by atoms with Crippen LogP contribution in [0.5, 0.6) is 0 Å². The average molecular weight is 286 g/mol. The van der Waals surface area contributed by atoms with E-state index in [0.29, 0.717) is 12.8 Å². The van der Waals surface area contributed by atoms with Crippen molar-refractivity contribution in [2.45, 2.75) is 31.6 Å². The Kier molecular flexibility index (Phi) is 5.98. The number of carbonyl (C=O) groups is 1. The molecule has 0 amide bonds. The van der Waals surface area contributed by atoms with Gasteiger partial charge in [0.2, 0.25) is 0 Å². The van der Waals surface area contributed by atoms with E-state index < -0.39 is 16.1 Å². The Morgan fingerprint density at radius 2 is 1.74 bits per heavy atom. The van der Waals surface area contributed by atoms with Crippen molar-refractivity contribution < 1.29 is 22.1 Å². The SMILES string of the molecule is CCCOC(=O)c1ccccc1S(=O)(=O)OCCC. The van der Waals surface area contributed by atoms with Crippen molar-refractivity contribution in [3.63, 3.8) is 0 Å². The molecule has 1 aromatic rings. The van der Waals surface area contributed by atoms with E-state index in [1.807, 2.05) is 6.92 Å². The molecule has 0 aliphatic rings. The minimum Gasteiger partial charge on any atom is -0.462 e. The van der Waals surface area contributed by atoms with Gasteiger partial charge in [-0.1, -0.05) is 26.0 Å². The molecule has 0 fully saturated rings. The van der Waals surface area contributed by atoms with Gasteiger partial charge in [-0.15, -0.1) is 0 Å². The topological polar surface area (TPSA) is 69.7 Å². The molecule has 0 aliphatic carbocycles. The van der Waals surface area contributed by atoms with Crippen molar-refractivity contribution in [3.05, 3.63) is 29.8 Å². The molecule has 0 saturated carbocycles. The Hall–Kier alpha value is -1.40. The lowest BCUT2D eigenvalue weighted by Crippen LogP contribution is -2.14. The summed E-state index contributed by atoms with van der Waals surface area (Å²) in [6.45, 7) is 4.00. The highest BCUT2D eigenvalue weighted by Crippen LogP contribution is 2.19. The summed E-state index contributed by atoms with van der Waals surface area (Å²) in [6, 6.07) is 5.88. The molecule has 0 bridgehead atoms. The summed E-state index contributed by atoms with van der Waals surface area (Å²) in [4.78, 5) is 11.7. The maximum absolute atomic E-state index is 12.0. The number of ether oxygens (including phenoxy) is 1. The van der Waals surface area contributed by atoms with Crippen molar-refractivity contribution in [1.29, 1.82) is 0 Å². The van der Waals surface area contributed by atoms with Crippen LogP contribution in [0.25, 0.3) is 0 Å². The largest absolute Gasteiger partial charge is 0.462 e. The Morgan fingerprint density at radius 1 is 1.11 bits per heavy atom. The first-order chi connectivity index (χ1) is 9.03. The predicted octanol–water partition coefficient (Wildman–Crippen LogP) is 2.37. The minimum atomic E-state index is -3.92. The van der Waals surface area contributed by atoms with Crippen LogP contribution < -0.4 is 0 Å². The van der Waals surface area contributed by atoms with Gasteiger partial charge >= 0.3 is 5.97 Å². The maximum Gasteiger partial charge on any atom is 0.339 e. The Balaban J connectivity index is 3.05. The van der Waals surface area contributed by atoms with Crippen molar-refractivity contribution >= 4 is 16.1 Å². The van der Waals surface area contributed by atoms with Crippen LogP contribution >= 0.6 is 0 Å². The molecule has 0 N–H and O–H groups in total. The van der Waals surface area contributed by atoms with Crippen LogP contribution in [0.3, 0.4) is 0 Å². The third-order valence-corrected chi connectivity index (χ3v) is 3.63. The van der Waals surface area contributed by atoms with Crippen molar-refractivity contribution in [2.75, 3.05) is 13.2 Å². The summed E-state index contributed by atoms with van der Waals surface area (Å²) >= 11 is 0. The fraction of sp³-hybridized carbons (Fsp3) is 0.462. The van der Waals surface area contributed by atoms with Gasteiger partial charge in [-0.3, -0.25) is 4.18 Å². The normalized spacial score (nSPS) is 11.3. The van der Waals surface area contributed by atoms with Gasteiger partial charge in [0.15, 0.2) is 0 Å². The molecule has 0 atom stereocenters. The highest BCUT2D eigenvalue weighted by Gasteiger charge is 2.23. The van der Waals surface area contributed by atoms with Crippen LogP contribution in [0.15, 0.2) is 29.2 Å². The highest BCUT2D eigenvalue weighted by molar-refractivity contribution is 7.86. The van der Waals surface area contributed by atoms with Crippen LogP contribution in [0.2, 0.25) is 0 Å². The molecular weight excluding hydrogens is 268 g/mol. The van der Waals surface area contributed by atoms with Gasteiger partial charge in [0, 0.05) is 0 Å². The van der Waals surface area contributed by atoms with Crippen LogP contribution in [0, 0.1) is 0 Å². The van der Waals surface area contributed by atoms with Crippen LogP contribution in [0.4, 0.5) is 0 Å². The molecule has 0 aromatic heterocycles. The van der Waals surface area contributed by atoms with Crippen LogP contribution in [-0.2, 0) is 19.0 Å². The molecule has 6 heteroatoms. The molecule has 0 unspecified atom stereocenters. The Morgan fingerprint density at radius 3 is 2.37 bits per heavy atom.